The van der Waals surface area contributed by atoms with Gasteiger partial charge in [-0.2, -0.15) is 0 Å². The lowest BCUT2D eigenvalue weighted by Crippen LogP contribution is -2.47. The lowest BCUT2D eigenvalue weighted by Gasteiger charge is -2.35. The second kappa shape index (κ2) is 17.9. The summed E-state index contributed by atoms with van der Waals surface area (Å²) in [5, 5.41) is 3.00. The van der Waals surface area contributed by atoms with Crippen LogP contribution in [0.15, 0.2) is 0 Å². The fourth-order valence-electron chi connectivity index (χ4n) is 3.77. The Morgan fingerprint density at radius 3 is 2.00 bits per heavy atom. The summed E-state index contributed by atoms with van der Waals surface area (Å²) < 4.78 is 6.05. The number of carbonyl (C=O) groups excluding carboxylic acids is 1. The highest BCUT2D eigenvalue weighted by Crippen LogP contribution is 2.12. The Bertz CT molecular complexity index is 410. The van der Waals surface area contributed by atoms with Crippen molar-refractivity contribution < 1.29 is 11.0 Å². The number of hydrogen-bond acceptors (Lipinski definition) is 5. The molecule has 180 valence electrons. The molecule has 2 aliphatic heterocycles. The van der Waals surface area contributed by atoms with E-state index >= 15 is 0 Å². The first-order valence-corrected chi connectivity index (χ1v) is 12.6. The number of amides is 1. The SMILES string of the molecule is CCCC.CCCC(=O)NCCCN1CCN(CCCOC2CCN(C)CC2)CC1.[HH]. The Morgan fingerprint density at radius 1 is 0.900 bits per heavy atom. The maximum atomic E-state index is 11.4. The third kappa shape index (κ3) is 13.6. The van der Waals surface area contributed by atoms with Crippen molar-refractivity contribution in [3.8, 4) is 0 Å². The first-order chi connectivity index (χ1) is 14.6. The Hall–Kier alpha value is -0.690. The average molecular weight is 429 g/mol. The first-order valence-electron chi connectivity index (χ1n) is 12.6. The number of piperidine rings is 1. The largest absolute Gasteiger partial charge is 0.378 e. The number of likely N-dealkylation sites (tertiary alicyclic amines) is 1. The molecular weight excluding hydrogens is 376 g/mol. The van der Waals surface area contributed by atoms with Crippen LogP contribution in [0.3, 0.4) is 0 Å². The van der Waals surface area contributed by atoms with Gasteiger partial charge in [0.2, 0.25) is 5.91 Å². The van der Waals surface area contributed by atoms with Crippen LogP contribution < -0.4 is 5.32 Å². The quantitative estimate of drug-likeness (QED) is 0.482. The molecule has 0 aromatic heterocycles. The van der Waals surface area contributed by atoms with Gasteiger partial charge in [0.05, 0.1) is 6.10 Å². The number of ether oxygens (including phenoxy) is 1. The summed E-state index contributed by atoms with van der Waals surface area (Å²) in [4.78, 5) is 18.9. The molecule has 0 saturated carbocycles. The van der Waals surface area contributed by atoms with E-state index in [-0.39, 0.29) is 7.33 Å². The number of unbranched alkanes of at least 4 members (excludes halogenated alkanes) is 1. The maximum absolute atomic E-state index is 11.4. The zero-order valence-electron chi connectivity index (χ0n) is 20.5. The summed E-state index contributed by atoms with van der Waals surface area (Å²) in [6.45, 7) is 17.4. The van der Waals surface area contributed by atoms with Crippen molar-refractivity contribution in [2.24, 2.45) is 0 Å². The first kappa shape index (κ1) is 27.3. The molecule has 0 bridgehead atoms. The van der Waals surface area contributed by atoms with Crippen molar-refractivity contribution in [3.05, 3.63) is 0 Å². The van der Waals surface area contributed by atoms with Crippen molar-refractivity contribution in [2.75, 3.05) is 72.6 Å². The van der Waals surface area contributed by atoms with Crippen LogP contribution in [0, 0.1) is 0 Å². The molecule has 0 aromatic rings. The van der Waals surface area contributed by atoms with E-state index in [4.69, 9.17) is 4.74 Å². The minimum Gasteiger partial charge on any atom is -0.378 e. The highest BCUT2D eigenvalue weighted by Gasteiger charge is 2.18. The van der Waals surface area contributed by atoms with E-state index in [0.29, 0.717) is 12.5 Å². The second-order valence-electron chi connectivity index (χ2n) is 8.86. The van der Waals surface area contributed by atoms with Gasteiger partial charge >= 0.3 is 0 Å². The molecule has 1 N–H and O–H groups in total. The molecule has 6 heteroatoms. The van der Waals surface area contributed by atoms with Crippen LogP contribution in [0.1, 0.15) is 73.6 Å². The monoisotopic (exact) mass is 428 g/mol. The third-order valence-electron chi connectivity index (χ3n) is 6.05. The van der Waals surface area contributed by atoms with E-state index in [0.717, 1.165) is 71.7 Å². The van der Waals surface area contributed by atoms with E-state index in [1.807, 2.05) is 6.92 Å². The van der Waals surface area contributed by atoms with Crippen LogP contribution in [0.4, 0.5) is 0 Å². The summed E-state index contributed by atoms with van der Waals surface area (Å²) in [5.74, 6) is 0.194. The zero-order valence-corrected chi connectivity index (χ0v) is 20.5. The van der Waals surface area contributed by atoms with Gasteiger partial charge in [-0.15, -0.1) is 0 Å². The van der Waals surface area contributed by atoms with E-state index in [9.17, 15) is 4.79 Å². The van der Waals surface area contributed by atoms with E-state index < -0.39 is 0 Å². The molecule has 0 unspecified atom stereocenters. The minimum absolute atomic E-state index is 0. The van der Waals surface area contributed by atoms with Gasteiger partial charge in [-0.3, -0.25) is 4.79 Å². The van der Waals surface area contributed by atoms with Gasteiger partial charge in [0.1, 0.15) is 0 Å². The fraction of sp³-hybridized carbons (Fsp3) is 0.958. The molecule has 2 saturated heterocycles. The molecule has 2 fully saturated rings. The van der Waals surface area contributed by atoms with Crippen LogP contribution in [0.25, 0.3) is 0 Å². The Balaban J connectivity index is 0.00000165. The lowest BCUT2D eigenvalue weighted by atomic mass is 10.1. The van der Waals surface area contributed by atoms with Crippen LogP contribution in [0.2, 0.25) is 0 Å². The van der Waals surface area contributed by atoms with Gasteiger partial charge in [-0.05, 0) is 45.7 Å². The van der Waals surface area contributed by atoms with Gasteiger partial charge in [0.15, 0.2) is 0 Å². The smallest absolute Gasteiger partial charge is 0.219 e. The highest BCUT2D eigenvalue weighted by atomic mass is 16.5. The van der Waals surface area contributed by atoms with Crippen LogP contribution in [-0.4, -0.2) is 99.3 Å². The molecule has 2 heterocycles. The normalized spacial score (nSPS) is 19.3. The molecular formula is C24H52N4O2. The molecule has 6 nitrogen and oxygen atoms in total. The average Bonchev–Trinajstić information content (AvgIpc) is 2.77. The third-order valence-corrected chi connectivity index (χ3v) is 6.05. The Kier molecular flexibility index (Phi) is 16.3. The molecule has 0 atom stereocenters. The summed E-state index contributed by atoms with van der Waals surface area (Å²) in [7, 11) is 2.19. The summed E-state index contributed by atoms with van der Waals surface area (Å²) in [6, 6.07) is 0. The maximum Gasteiger partial charge on any atom is 0.219 e. The lowest BCUT2D eigenvalue weighted by molar-refractivity contribution is -0.121. The van der Waals surface area contributed by atoms with Gasteiger partial charge in [-0.25, -0.2) is 0 Å². The van der Waals surface area contributed by atoms with Crippen molar-refractivity contribution in [1.82, 2.24) is 20.0 Å². The number of nitrogens with one attached hydrogen (secondary N) is 1. The highest BCUT2D eigenvalue weighted by molar-refractivity contribution is 5.75. The predicted molar refractivity (Wildman–Crippen MR) is 129 cm³/mol. The summed E-state index contributed by atoms with van der Waals surface area (Å²) >= 11 is 0. The number of nitrogens with zero attached hydrogens (tertiary/aromatic N) is 3. The number of piperazine rings is 1. The van der Waals surface area contributed by atoms with Gasteiger partial charge in [-0.1, -0.05) is 33.6 Å². The van der Waals surface area contributed by atoms with Crippen LogP contribution in [-0.2, 0) is 9.53 Å². The standard InChI is InChI=1S/C20H40N4O2.C4H10.H2/c1-3-6-20(25)21-9-4-10-23-14-16-24(17-15-23)11-5-18-26-19-7-12-22(2)13-8-19;1-3-4-2;/h19H,3-18H2,1-2H3,(H,21,25);3-4H2,1-2H3;1H. The fourth-order valence-corrected chi connectivity index (χ4v) is 3.77. The number of rotatable bonds is 12. The molecule has 0 spiro atoms. The van der Waals surface area contributed by atoms with Crippen molar-refractivity contribution in [3.63, 3.8) is 0 Å². The van der Waals surface area contributed by atoms with E-state index in [2.05, 4.69) is 40.9 Å². The minimum atomic E-state index is 0. The molecule has 1 amide bonds. The van der Waals surface area contributed by atoms with Crippen molar-refractivity contribution in [2.45, 2.75) is 78.2 Å². The molecule has 30 heavy (non-hydrogen) atoms. The van der Waals surface area contributed by atoms with Crippen LogP contribution in [0.5, 0.6) is 0 Å². The molecule has 0 aromatic carbocycles. The number of carbonyl (C=O) groups is 1. The summed E-state index contributed by atoms with van der Waals surface area (Å²) in [5.41, 5.74) is 0. The zero-order chi connectivity index (χ0) is 22.0. The van der Waals surface area contributed by atoms with Crippen molar-refractivity contribution in [1.29, 1.82) is 0 Å². The van der Waals surface area contributed by atoms with E-state index in [1.54, 1.807) is 0 Å². The number of hydrogen-bond donors (Lipinski definition) is 1. The van der Waals surface area contributed by atoms with E-state index in [1.165, 1.54) is 38.8 Å². The molecule has 0 aliphatic carbocycles. The van der Waals surface area contributed by atoms with Gasteiger partial charge < -0.3 is 24.8 Å². The predicted octanol–water partition coefficient (Wildman–Crippen LogP) is 3.46. The topological polar surface area (TPSA) is 48.1 Å². The molecule has 0 radical (unpaired) electrons. The molecule has 2 rings (SSSR count). The van der Waals surface area contributed by atoms with Crippen LogP contribution >= 0.6 is 0 Å². The Morgan fingerprint density at radius 2 is 1.47 bits per heavy atom. The van der Waals surface area contributed by atoms with Gasteiger partial charge in [0, 0.05) is 66.8 Å². The van der Waals surface area contributed by atoms with Crippen molar-refractivity contribution >= 4 is 5.91 Å². The molecule has 2 aliphatic rings. The Labute approximate surface area is 188 Å². The second-order valence-corrected chi connectivity index (χ2v) is 8.86. The van der Waals surface area contributed by atoms with Gasteiger partial charge in [0.25, 0.3) is 0 Å². The summed E-state index contributed by atoms with van der Waals surface area (Å²) in [6.07, 6.45) is 9.29.